The van der Waals surface area contributed by atoms with Crippen LogP contribution in [0.3, 0.4) is 0 Å². The highest BCUT2D eigenvalue weighted by atomic mass is 16.3. The molecule has 0 radical (unpaired) electrons. The number of rotatable bonds is 7. The lowest BCUT2D eigenvalue weighted by atomic mass is 9.83. The number of aryl methyl sites for hydroxylation is 1. The number of imidazole rings is 1. The average Bonchev–Trinajstić information content (AvgIpc) is 3.59. The van der Waals surface area contributed by atoms with Gasteiger partial charge in [-0.2, -0.15) is 0 Å². The third kappa shape index (κ3) is 6.60. The van der Waals surface area contributed by atoms with Gasteiger partial charge in [-0.05, 0) is 106 Å². The Morgan fingerprint density at radius 2 is 1.39 bits per heavy atom. The third-order valence-corrected chi connectivity index (χ3v) is 10.1. The predicted octanol–water partition coefficient (Wildman–Crippen LogP) is 13.2. The molecule has 4 heteroatoms. The van der Waals surface area contributed by atoms with Gasteiger partial charge in [0.15, 0.2) is 0 Å². The summed E-state index contributed by atoms with van der Waals surface area (Å²) in [7, 11) is 0. The average molecular weight is 708 g/mol. The van der Waals surface area contributed by atoms with Gasteiger partial charge < -0.3 is 5.11 Å². The van der Waals surface area contributed by atoms with E-state index in [0.29, 0.717) is 11.4 Å². The molecular weight excluding hydrogens is 659 g/mol. The normalized spacial score (nSPS) is 13.3. The minimum Gasteiger partial charge on any atom is -0.507 e. The number of hydrogen-bond donors (Lipinski definition) is 1. The van der Waals surface area contributed by atoms with Crippen molar-refractivity contribution in [2.45, 2.75) is 52.8 Å². The number of phenols is 1. The molecule has 0 amide bonds. The maximum absolute atomic E-state index is 11.3. The van der Waals surface area contributed by atoms with Gasteiger partial charge in [-0.25, -0.2) is 4.98 Å². The largest absolute Gasteiger partial charge is 0.507 e. The van der Waals surface area contributed by atoms with Crippen LogP contribution in [0.25, 0.3) is 72.7 Å². The fraction of sp³-hybridized carbons (Fsp3) is 0.160. The van der Waals surface area contributed by atoms with Crippen molar-refractivity contribution in [1.29, 1.82) is 0 Å². The molecule has 0 aliphatic heterocycles. The number of aromatic hydroxyl groups is 1. The van der Waals surface area contributed by atoms with Crippen molar-refractivity contribution in [3.8, 4) is 67.5 Å². The van der Waals surface area contributed by atoms with E-state index in [1.54, 1.807) is 24.3 Å². The van der Waals surface area contributed by atoms with Crippen LogP contribution in [0.4, 0.5) is 0 Å². The van der Waals surface area contributed by atoms with Gasteiger partial charge in [-0.3, -0.25) is 9.55 Å². The predicted molar refractivity (Wildman–Crippen MR) is 225 cm³/mol. The Morgan fingerprint density at radius 3 is 2.13 bits per heavy atom. The lowest BCUT2D eigenvalue weighted by Crippen LogP contribution is -2.11. The zero-order chi connectivity index (χ0) is 41.0. The molecule has 0 unspecified atom stereocenters. The maximum atomic E-state index is 11.3. The van der Waals surface area contributed by atoms with E-state index in [4.69, 9.17) is 15.5 Å². The van der Waals surface area contributed by atoms with Crippen LogP contribution in [0.5, 0.6) is 5.75 Å². The van der Waals surface area contributed by atoms with Crippen LogP contribution < -0.4 is 0 Å². The molecule has 0 aliphatic carbocycles. The molecule has 0 aliphatic rings. The van der Waals surface area contributed by atoms with Crippen LogP contribution in [0, 0.1) is 6.85 Å². The zero-order valence-corrected chi connectivity index (χ0v) is 31.2. The summed E-state index contributed by atoms with van der Waals surface area (Å²) in [6, 6.07) is 47.2. The first kappa shape index (κ1) is 30.2. The SMILES string of the molecule is [2H]C([2H])([2H])c1ccc(-n2c(-c3ccccc3O)nc3c(-c4cc(-c5cc(-c6ccc(C([2H])(C)C)cc6)ccn5)cc(C(C)(C)C)c4)cccc32)c(-c2ccccc2)c1. The van der Waals surface area contributed by atoms with Crippen LogP contribution in [0.1, 0.15) is 62.7 Å². The summed E-state index contributed by atoms with van der Waals surface area (Å²) in [6.45, 7) is 8.09. The van der Waals surface area contributed by atoms with Crippen LogP contribution in [-0.4, -0.2) is 19.6 Å². The van der Waals surface area contributed by atoms with Crippen molar-refractivity contribution in [3.63, 3.8) is 0 Å². The Kier molecular flexibility index (Phi) is 7.81. The smallest absolute Gasteiger partial charge is 0.149 e. The number of para-hydroxylation sites is 2. The monoisotopic (exact) mass is 707 g/mol. The highest BCUT2D eigenvalue weighted by Crippen LogP contribution is 2.41. The highest BCUT2D eigenvalue weighted by molar-refractivity contribution is 5.97. The molecule has 0 atom stereocenters. The van der Waals surface area contributed by atoms with E-state index in [1.165, 1.54) is 0 Å². The van der Waals surface area contributed by atoms with Crippen molar-refractivity contribution in [3.05, 3.63) is 168 Å². The molecule has 266 valence electrons. The lowest BCUT2D eigenvalue weighted by Gasteiger charge is -2.22. The quantitative estimate of drug-likeness (QED) is 0.179. The van der Waals surface area contributed by atoms with Gasteiger partial charge in [0, 0.05) is 28.4 Å². The number of pyridine rings is 1. The first-order valence-corrected chi connectivity index (χ1v) is 18.3. The molecule has 4 nitrogen and oxygen atoms in total. The Bertz CT molecular complexity index is 2790. The number of aromatic nitrogens is 3. The van der Waals surface area contributed by atoms with Crippen LogP contribution in [0.2, 0.25) is 0 Å². The molecule has 0 bridgehead atoms. The molecular formula is C50H45N3O. The van der Waals surface area contributed by atoms with Gasteiger partial charge in [-0.15, -0.1) is 0 Å². The highest BCUT2D eigenvalue weighted by Gasteiger charge is 2.23. The summed E-state index contributed by atoms with van der Waals surface area (Å²) >= 11 is 0. The van der Waals surface area contributed by atoms with E-state index >= 15 is 0 Å². The second-order valence-electron chi connectivity index (χ2n) is 15.1. The van der Waals surface area contributed by atoms with E-state index in [2.05, 4.69) is 63.2 Å². The summed E-state index contributed by atoms with van der Waals surface area (Å²) in [5.41, 5.74) is 12.3. The molecule has 6 aromatic carbocycles. The molecule has 0 fully saturated rings. The van der Waals surface area contributed by atoms with E-state index in [-0.39, 0.29) is 16.7 Å². The topological polar surface area (TPSA) is 50.9 Å². The lowest BCUT2D eigenvalue weighted by molar-refractivity contribution is 0.477. The molecule has 2 heterocycles. The Labute approximate surface area is 324 Å². The van der Waals surface area contributed by atoms with Crippen LogP contribution in [-0.2, 0) is 5.41 Å². The fourth-order valence-corrected chi connectivity index (χ4v) is 7.13. The van der Waals surface area contributed by atoms with Gasteiger partial charge >= 0.3 is 0 Å². The van der Waals surface area contributed by atoms with Crippen LogP contribution in [0.15, 0.2) is 152 Å². The molecule has 0 saturated heterocycles. The Morgan fingerprint density at radius 1 is 0.648 bits per heavy atom. The minimum atomic E-state index is -2.30. The molecule has 54 heavy (non-hydrogen) atoms. The van der Waals surface area contributed by atoms with Gasteiger partial charge in [0.1, 0.15) is 11.6 Å². The second kappa shape index (κ2) is 13.9. The van der Waals surface area contributed by atoms with E-state index in [1.807, 2.05) is 103 Å². The van der Waals surface area contributed by atoms with Crippen LogP contribution >= 0.6 is 0 Å². The number of phenolic OH excluding ortho intramolecular Hbond substituents is 1. The number of fused-ring (bicyclic) bond motifs is 1. The van der Waals surface area contributed by atoms with E-state index in [0.717, 1.165) is 72.5 Å². The molecule has 8 rings (SSSR count). The van der Waals surface area contributed by atoms with Gasteiger partial charge in [-0.1, -0.05) is 131 Å². The van der Waals surface area contributed by atoms with Crippen molar-refractivity contribution in [2.24, 2.45) is 0 Å². The molecule has 0 saturated carbocycles. The third-order valence-electron chi connectivity index (χ3n) is 10.1. The van der Waals surface area contributed by atoms with Crippen molar-refractivity contribution in [1.82, 2.24) is 14.5 Å². The molecule has 1 N–H and O–H groups in total. The van der Waals surface area contributed by atoms with Gasteiger partial charge in [0.2, 0.25) is 0 Å². The fourth-order valence-electron chi connectivity index (χ4n) is 7.13. The standard InChI is InChI=1S/C50H45N3O/c1-32(2)34-20-22-35(23-21-34)37-25-26-51-44(31-37)39-28-38(29-40(30-39)50(4,5)6)41-16-12-17-46-48(41)52-49(42-15-10-11-18-47(42)54)53(46)45-24-19-33(3)27-43(45)36-13-8-7-9-14-36/h7-32,54H,1-6H3/i3D3,32D. The number of benzene rings is 6. The summed E-state index contributed by atoms with van der Waals surface area (Å²) in [4.78, 5) is 10.2. The van der Waals surface area contributed by atoms with Gasteiger partial charge in [0.05, 0.1) is 28.0 Å². The van der Waals surface area contributed by atoms with E-state index < -0.39 is 12.7 Å². The summed E-state index contributed by atoms with van der Waals surface area (Å²) in [6.07, 6.45) is 1.85. The molecule has 0 spiro atoms. The van der Waals surface area contributed by atoms with Crippen molar-refractivity contribution >= 4 is 11.0 Å². The van der Waals surface area contributed by atoms with Crippen molar-refractivity contribution < 1.29 is 10.6 Å². The van der Waals surface area contributed by atoms with Gasteiger partial charge in [0.25, 0.3) is 0 Å². The Hall–Kier alpha value is -6.26. The first-order chi connectivity index (χ1) is 27.6. The summed E-state index contributed by atoms with van der Waals surface area (Å²) in [5.74, 6) is -0.0657. The number of hydrogen-bond acceptors (Lipinski definition) is 3. The first-order valence-electron chi connectivity index (χ1n) is 20.3. The summed E-state index contributed by atoms with van der Waals surface area (Å²) in [5, 5.41) is 11.3. The summed E-state index contributed by atoms with van der Waals surface area (Å²) < 4.78 is 35.2. The zero-order valence-electron chi connectivity index (χ0n) is 35.2. The molecule has 2 aromatic heterocycles. The van der Waals surface area contributed by atoms with E-state index in [9.17, 15) is 5.11 Å². The minimum absolute atomic E-state index is 0.0852. The Balaban J connectivity index is 1.35. The second-order valence-corrected chi connectivity index (χ2v) is 15.1. The maximum Gasteiger partial charge on any atom is 0.149 e. The van der Waals surface area contributed by atoms with Crippen molar-refractivity contribution in [2.75, 3.05) is 0 Å². The number of nitrogens with zero attached hydrogens (tertiary/aromatic N) is 3. The molecule has 8 aromatic rings.